The molecule has 5 heteroatoms. The number of rotatable bonds is 2. The highest BCUT2D eigenvalue weighted by Gasteiger charge is 2.10. The molecule has 0 spiro atoms. The van der Waals surface area contributed by atoms with E-state index < -0.39 is 10.9 Å². The third-order valence-electron chi connectivity index (χ3n) is 1.99. The first-order valence-electron chi connectivity index (χ1n) is 4.51. The molecule has 1 aromatic carbocycles. The first kappa shape index (κ1) is 10.1. The van der Waals surface area contributed by atoms with Crippen LogP contribution in [0.1, 0.15) is 5.56 Å². The lowest BCUT2D eigenvalue weighted by atomic mass is 10.2. The maximum absolute atomic E-state index is 10.8. The van der Waals surface area contributed by atoms with Crippen LogP contribution in [0.25, 0.3) is 6.08 Å². The van der Waals surface area contributed by atoms with Gasteiger partial charge >= 0.3 is 5.97 Å². The summed E-state index contributed by atoms with van der Waals surface area (Å²) in [5.41, 5.74) is 0.617. The van der Waals surface area contributed by atoms with Gasteiger partial charge in [-0.1, -0.05) is 12.1 Å². The molecule has 0 bridgehead atoms. The van der Waals surface area contributed by atoms with Crippen LogP contribution in [0.15, 0.2) is 42.2 Å². The topological polar surface area (TPSA) is 69.4 Å². The molecule has 0 aliphatic carbocycles. The minimum absolute atomic E-state index is 0.00246. The standard InChI is InChI=1S/C11H7NO4/c13-11-5-4-10(16-11)7-8-2-1-3-9(6-8)12(14)15/h1-7H. The Hall–Kier alpha value is -2.43. The highest BCUT2D eigenvalue weighted by molar-refractivity contribution is 5.87. The molecule has 0 unspecified atom stereocenters. The van der Waals surface area contributed by atoms with Gasteiger partial charge < -0.3 is 4.74 Å². The number of esters is 1. The van der Waals surface area contributed by atoms with Crippen molar-refractivity contribution in [1.29, 1.82) is 0 Å². The fourth-order valence-electron chi connectivity index (χ4n) is 1.30. The van der Waals surface area contributed by atoms with Gasteiger partial charge in [0, 0.05) is 18.2 Å². The summed E-state index contributed by atoms with van der Waals surface area (Å²) in [5, 5.41) is 10.5. The van der Waals surface area contributed by atoms with Gasteiger partial charge in [0.2, 0.25) is 0 Å². The predicted octanol–water partition coefficient (Wildman–Crippen LogP) is 2.05. The van der Waals surface area contributed by atoms with Gasteiger partial charge in [0.05, 0.1) is 4.92 Å². The molecule has 1 heterocycles. The highest BCUT2D eigenvalue weighted by Crippen LogP contribution is 2.18. The zero-order valence-electron chi connectivity index (χ0n) is 8.12. The number of benzene rings is 1. The van der Waals surface area contributed by atoms with Gasteiger partial charge in [0.1, 0.15) is 5.76 Å². The Morgan fingerprint density at radius 2 is 2.12 bits per heavy atom. The molecular formula is C11H7NO4. The van der Waals surface area contributed by atoms with Crippen LogP contribution in [-0.4, -0.2) is 10.9 Å². The first-order chi connectivity index (χ1) is 7.65. The molecule has 2 rings (SSSR count). The van der Waals surface area contributed by atoms with Gasteiger partial charge in [0.25, 0.3) is 5.69 Å². The van der Waals surface area contributed by atoms with Crippen molar-refractivity contribution >= 4 is 17.7 Å². The zero-order chi connectivity index (χ0) is 11.5. The van der Waals surface area contributed by atoms with Gasteiger partial charge in [-0.05, 0) is 17.7 Å². The normalized spacial score (nSPS) is 16.5. The van der Waals surface area contributed by atoms with Crippen LogP contribution < -0.4 is 0 Å². The van der Waals surface area contributed by atoms with Gasteiger partial charge in [0.15, 0.2) is 0 Å². The Kier molecular flexibility index (Phi) is 2.51. The first-order valence-corrected chi connectivity index (χ1v) is 4.51. The summed E-state index contributed by atoms with van der Waals surface area (Å²) in [5.74, 6) is -0.0535. The molecule has 0 aromatic heterocycles. The number of carbonyl (C=O) groups excluding carboxylic acids is 1. The Balaban J connectivity index is 2.28. The minimum atomic E-state index is -0.474. The van der Waals surface area contributed by atoms with Crippen molar-refractivity contribution in [2.24, 2.45) is 0 Å². The lowest BCUT2D eigenvalue weighted by Gasteiger charge is -1.97. The van der Waals surface area contributed by atoms with Crippen molar-refractivity contribution in [2.45, 2.75) is 0 Å². The van der Waals surface area contributed by atoms with Crippen LogP contribution in [0, 0.1) is 10.1 Å². The molecule has 0 fully saturated rings. The van der Waals surface area contributed by atoms with Crippen molar-refractivity contribution in [3.63, 3.8) is 0 Å². The molecule has 0 N–H and O–H groups in total. The molecule has 0 amide bonds. The van der Waals surface area contributed by atoms with E-state index in [9.17, 15) is 14.9 Å². The second kappa shape index (κ2) is 3.98. The van der Waals surface area contributed by atoms with Crippen molar-refractivity contribution in [3.8, 4) is 0 Å². The van der Waals surface area contributed by atoms with Crippen LogP contribution in [-0.2, 0) is 9.53 Å². The number of carbonyl (C=O) groups is 1. The maximum atomic E-state index is 10.8. The smallest absolute Gasteiger partial charge is 0.336 e. The number of nitrogens with zero attached hydrogens (tertiary/aromatic N) is 1. The van der Waals surface area contributed by atoms with E-state index in [0.717, 1.165) is 0 Å². The maximum Gasteiger partial charge on any atom is 0.336 e. The van der Waals surface area contributed by atoms with E-state index in [1.54, 1.807) is 18.2 Å². The van der Waals surface area contributed by atoms with E-state index in [1.165, 1.54) is 24.3 Å². The lowest BCUT2D eigenvalue weighted by molar-refractivity contribution is -0.384. The molecule has 0 atom stereocenters. The van der Waals surface area contributed by atoms with Crippen molar-refractivity contribution < 1.29 is 14.5 Å². The molecule has 0 saturated heterocycles. The van der Waals surface area contributed by atoms with Crippen molar-refractivity contribution in [2.75, 3.05) is 0 Å². The Labute approximate surface area is 90.8 Å². The summed E-state index contributed by atoms with van der Waals surface area (Å²) in [6.45, 7) is 0. The monoisotopic (exact) mass is 217 g/mol. The van der Waals surface area contributed by atoms with Crippen LogP contribution in [0.2, 0.25) is 0 Å². The summed E-state index contributed by atoms with van der Waals surface area (Å²) in [4.78, 5) is 20.8. The number of ether oxygens (including phenoxy) is 1. The second-order valence-electron chi connectivity index (χ2n) is 3.15. The summed E-state index contributed by atoms with van der Waals surface area (Å²) < 4.78 is 4.81. The fraction of sp³-hybridized carbons (Fsp3) is 0. The average molecular weight is 217 g/mol. The van der Waals surface area contributed by atoms with Gasteiger partial charge in [-0.2, -0.15) is 0 Å². The van der Waals surface area contributed by atoms with E-state index in [0.29, 0.717) is 11.3 Å². The fourth-order valence-corrected chi connectivity index (χ4v) is 1.30. The SMILES string of the molecule is O=C1C=CC(=Cc2cccc([N+](=O)[O-])c2)O1. The van der Waals surface area contributed by atoms with E-state index in [1.807, 2.05) is 0 Å². The van der Waals surface area contributed by atoms with Gasteiger partial charge in [-0.3, -0.25) is 10.1 Å². The molecule has 1 aromatic rings. The Morgan fingerprint density at radius 3 is 2.75 bits per heavy atom. The Bertz CT molecular complexity index is 516. The number of nitro groups is 1. The van der Waals surface area contributed by atoms with E-state index in [2.05, 4.69) is 0 Å². The number of hydrogen-bond donors (Lipinski definition) is 0. The van der Waals surface area contributed by atoms with Crippen molar-refractivity contribution in [3.05, 3.63) is 57.9 Å². The van der Waals surface area contributed by atoms with Crippen LogP contribution in [0.4, 0.5) is 5.69 Å². The number of cyclic esters (lactones) is 1. The predicted molar refractivity (Wildman–Crippen MR) is 56.3 cm³/mol. The number of hydrogen-bond acceptors (Lipinski definition) is 4. The molecule has 80 valence electrons. The van der Waals surface area contributed by atoms with Gasteiger partial charge in [-0.25, -0.2) is 4.79 Å². The van der Waals surface area contributed by atoms with Crippen LogP contribution in [0.3, 0.4) is 0 Å². The molecule has 1 aliphatic heterocycles. The van der Waals surface area contributed by atoms with E-state index >= 15 is 0 Å². The number of nitro benzene ring substituents is 1. The average Bonchev–Trinajstić information content (AvgIpc) is 2.64. The van der Waals surface area contributed by atoms with Gasteiger partial charge in [-0.15, -0.1) is 0 Å². The number of allylic oxidation sites excluding steroid dienone is 1. The van der Waals surface area contributed by atoms with Crippen LogP contribution in [0.5, 0.6) is 0 Å². The molecule has 0 radical (unpaired) electrons. The zero-order valence-corrected chi connectivity index (χ0v) is 8.12. The van der Waals surface area contributed by atoms with E-state index in [-0.39, 0.29) is 5.69 Å². The largest absolute Gasteiger partial charge is 0.423 e. The minimum Gasteiger partial charge on any atom is -0.423 e. The summed E-state index contributed by atoms with van der Waals surface area (Å²) in [6, 6.07) is 6.08. The summed E-state index contributed by atoms with van der Waals surface area (Å²) in [6.07, 6.45) is 4.37. The summed E-state index contributed by atoms with van der Waals surface area (Å²) in [7, 11) is 0. The third-order valence-corrected chi connectivity index (χ3v) is 1.99. The molecule has 16 heavy (non-hydrogen) atoms. The lowest BCUT2D eigenvalue weighted by Crippen LogP contribution is -1.91. The third kappa shape index (κ3) is 2.14. The van der Waals surface area contributed by atoms with E-state index in [4.69, 9.17) is 4.74 Å². The molecule has 1 aliphatic rings. The molecule has 5 nitrogen and oxygen atoms in total. The molecule has 0 saturated carbocycles. The quantitative estimate of drug-likeness (QED) is 0.432. The van der Waals surface area contributed by atoms with Crippen molar-refractivity contribution in [1.82, 2.24) is 0 Å². The summed E-state index contributed by atoms with van der Waals surface area (Å²) >= 11 is 0. The number of non-ortho nitro benzene ring substituents is 1. The molecular weight excluding hydrogens is 210 g/mol. The highest BCUT2D eigenvalue weighted by atomic mass is 16.6. The Morgan fingerprint density at radius 1 is 1.31 bits per heavy atom. The van der Waals surface area contributed by atoms with Crippen LogP contribution >= 0.6 is 0 Å². The second-order valence-corrected chi connectivity index (χ2v) is 3.15.